The average Bonchev–Trinajstić information content (AvgIpc) is 3.40. The van der Waals surface area contributed by atoms with Crippen LogP contribution < -0.4 is 19.7 Å². The number of hydrogen-bond donors (Lipinski definition) is 2. The van der Waals surface area contributed by atoms with Gasteiger partial charge in [-0.1, -0.05) is 36.7 Å². The lowest BCUT2D eigenvalue weighted by molar-refractivity contribution is 0.0131. The number of nitrogens with one attached hydrogen (secondary N) is 2. The minimum Gasteiger partial charge on any atom is -0.490 e. The summed E-state index contributed by atoms with van der Waals surface area (Å²) in [5, 5.41) is 7.89. The normalized spacial score (nSPS) is 29.7. The van der Waals surface area contributed by atoms with E-state index < -0.39 is 21.7 Å². The number of carbonyl (C=O) groups excluding carboxylic acids is 2. The SMILES string of the molecule is CNc1nn(C)cc1C(=O)NS1(=O)=NC(=O)c2ccc3c(c2)N(C[C@@H]2CC[C@H]2[C@@H](OC)/C=C/C[C@H](C)C1)C[C@@]1(CCCc2cc(Cl)ccc21)CO3. The molecule has 2 aromatic carbocycles. The smallest absolute Gasteiger partial charge is 0.286 e. The predicted molar refractivity (Wildman–Crippen MR) is 200 cm³/mol. The van der Waals surface area contributed by atoms with Crippen LogP contribution >= 0.6 is 11.6 Å². The highest BCUT2D eigenvalue weighted by molar-refractivity contribution is 7.92. The molecule has 3 aromatic rings. The van der Waals surface area contributed by atoms with Crippen LogP contribution in [-0.4, -0.2) is 71.5 Å². The molecule has 2 N–H and O–H groups in total. The summed E-state index contributed by atoms with van der Waals surface area (Å²) >= 11 is 6.46. The molecule has 1 unspecified atom stereocenters. The number of amides is 2. The Kier molecular flexibility index (Phi) is 9.94. The van der Waals surface area contributed by atoms with Gasteiger partial charge in [0, 0.05) is 56.5 Å². The fraction of sp³-hybridized carbons (Fsp3) is 0.500. The average molecular weight is 735 g/mol. The number of allylic oxidation sites excluding steroid dienone is 1. The molecule has 2 aliphatic heterocycles. The van der Waals surface area contributed by atoms with Crippen molar-refractivity contribution in [3.8, 4) is 5.75 Å². The van der Waals surface area contributed by atoms with E-state index in [9.17, 15) is 13.8 Å². The Balaban J connectivity index is 1.31. The second-order valence-electron chi connectivity index (χ2n) is 14.7. The van der Waals surface area contributed by atoms with Gasteiger partial charge in [0.05, 0.1) is 24.2 Å². The number of rotatable bonds is 4. The van der Waals surface area contributed by atoms with E-state index in [1.165, 1.54) is 15.8 Å². The Morgan fingerprint density at radius 3 is 2.80 bits per heavy atom. The maximum absolute atomic E-state index is 14.6. The maximum atomic E-state index is 14.6. The first kappa shape index (κ1) is 35.5. The molecular formula is C38H47ClN6O5S. The number of anilines is 2. The first-order chi connectivity index (χ1) is 24.5. The Labute approximate surface area is 305 Å². The van der Waals surface area contributed by atoms with Gasteiger partial charge < -0.3 is 19.7 Å². The summed E-state index contributed by atoms with van der Waals surface area (Å²) in [5.74, 6) is 0.294. The van der Waals surface area contributed by atoms with Gasteiger partial charge in [-0.25, -0.2) is 4.21 Å². The van der Waals surface area contributed by atoms with Crippen LogP contribution in [0, 0.1) is 17.8 Å². The number of benzene rings is 2. The van der Waals surface area contributed by atoms with Gasteiger partial charge in [0.1, 0.15) is 21.2 Å². The number of aromatic nitrogens is 2. The first-order valence-electron chi connectivity index (χ1n) is 17.8. The van der Waals surface area contributed by atoms with Crippen molar-refractivity contribution >= 4 is 44.8 Å². The van der Waals surface area contributed by atoms with Gasteiger partial charge in [0.25, 0.3) is 11.8 Å². The lowest BCUT2D eigenvalue weighted by atomic mass is 9.68. The van der Waals surface area contributed by atoms with Crippen molar-refractivity contribution in [3.05, 3.63) is 82.0 Å². The van der Waals surface area contributed by atoms with Crippen molar-refractivity contribution in [1.29, 1.82) is 0 Å². The zero-order valence-electron chi connectivity index (χ0n) is 29.7. The molecule has 272 valence electrons. The van der Waals surface area contributed by atoms with E-state index in [4.69, 9.17) is 21.1 Å². The van der Waals surface area contributed by atoms with E-state index in [2.05, 4.69) is 48.7 Å². The Morgan fingerprint density at radius 1 is 1.20 bits per heavy atom. The van der Waals surface area contributed by atoms with Crippen molar-refractivity contribution in [2.24, 2.45) is 29.2 Å². The summed E-state index contributed by atoms with van der Waals surface area (Å²) in [6, 6.07) is 11.6. The largest absolute Gasteiger partial charge is 0.490 e. The summed E-state index contributed by atoms with van der Waals surface area (Å²) < 4.78 is 35.7. The van der Waals surface area contributed by atoms with Crippen LogP contribution in [0.1, 0.15) is 70.9 Å². The van der Waals surface area contributed by atoms with Gasteiger partial charge in [0.15, 0.2) is 5.82 Å². The Morgan fingerprint density at radius 2 is 2.04 bits per heavy atom. The van der Waals surface area contributed by atoms with Crippen molar-refractivity contribution < 1.29 is 23.3 Å². The van der Waals surface area contributed by atoms with Crippen molar-refractivity contribution in [2.45, 2.75) is 57.0 Å². The van der Waals surface area contributed by atoms with E-state index in [1.54, 1.807) is 33.5 Å². The molecule has 2 bridgehead atoms. The number of carbonyl (C=O) groups is 2. The number of hydrogen-bond acceptors (Lipinski definition) is 8. The third-order valence-corrected chi connectivity index (χ3v) is 13.3. The number of fused-ring (bicyclic) bond motifs is 4. The topological polar surface area (TPSA) is 127 Å². The molecule has 11 nitrogen and oxygen atoms in total. The molecule has 1 spiro atoms. The molecule has 1 saturated carbocycles. The second kappa shape index (κ2) is 14.3. The van der Waals surface area contributed by atoms with Crippen LogP contribution in [0.2, 0.25) is 5.02 Å². The molecule has 13 heteroatoms. The number of ether oxygens (including phenoxy) is 2. The summed E-state index contributed by atoms with van der Waals surface area (Å²) in [4.78, 5) is 29.9. The van der Waals surface area contributed by atoms with E-state index in [1.807, 2.05) is 25.1 Å². The van der Waals surface area contributed by atoms with E-state index >= 15 is 0 Å². The number of halogens is 1. The third kappa shape index (κ3) is 7.15. The quantitative estimate of drug-likeness (QED) is 0.305. The van der Waals surface area contributed by atoms with Crippen LogP contribution in [-0.2, 0) is 33.5 Å². The maximum Gasteiger partial charge on any atom is 0.286 e. The van der Waals surface area contributed by atoms with E-state index in [-0.39, 0.29) is 34.3 Å². The van der Waals surface area contributed by atoms with Crippen molar-refractivity contribution in [3.63, 3.8) is 0 Å². The summed E-state index contributed by atoms with van der Waals surface area (Å²) in [6.07, 6.45) is 11.4. The zero-order valence-corrected chi connectivity index (χ0v) is 31.3. The standard InChI is InChI=1S/C38H47ClN6O5S/c1-24-7-5-9-33(49-4)29-13-10-27(29)19-45-22-38(16-6-8-25-17-28(39)12-14-31(25)38)23-50-34-15-11-26(18-32(34)45)36(46)42-51(48,21-24)43-37(47)30-20-44(3)41-35(30)40-2/h5,9,11-12,14-15,17-18,20,24,27,29,33H,6-8,10,13,16,19,21-23H2,1-4H3,(H,40,41)(H,42,43,46,47,48)/b9-5+/t24-,27-,29+,33-,38-,51?/m0/s1. The molecular weight excluding hydrogens is 688 g/mol. The molecule has 0 saturated heterocycles. The molecule has 1 fully saturated rings. The highest BCUT2D eigenvalue weighted by atomic mass is 35.5. The molecule has 2 aliphatic carbocycles. The minimum atomic E-state index is -3.57. The van der Waals surface area contributed by atoms with Crippen LogP contribution in [0.4, 0.5) is 11.5 Å². The summed E-state index contributed by atoms with van der Waals surface area (Å²) in [6.45, 7) is 3.93. The molecule has 1 aromatic heterocycles. The lowest BCUT2D eigenvalue weighted by Gasteiger charge is -2.46. The van der Waals surface area contributed by atoms with Crippen molar-refractivity contribution in [2.75, 3.05) is 49.8 Å². The summed E-state index contributed by atoms with van der Waals surface area (Å²) in [7, 11) is 1.55. The Bertz CT molecular complexity index is 1990. The molecule has 3 heterocycles. The lowest BCUT2D eigenvalue weighted by Crippen LogP contribution is -2.49. The fourth-order valence-electron chi connectivity index (χ4n) is 8.41. The number of aryl methyl sites for hydroxylation is 2. The molecule has 6 atom stereocenters. The van der Waals surface area contributed by atoms with Crippen LogP contribution in [0.5, 0.6) is 5.75 Å². The highest BCUT2D eigenvalue weighted by Crippen LogP contribution is 2.47. The molecule has 4 aliphatic rings. The molecule has 2 amide bonds. The van der Waals surface area contributed by atoms with Gasteiger partial charge in [-0.05, 0) is 97.7 Å². The van der Waals surface area contributed by atoms with Crippen molar-refractivity contribution in [1.82, 2.24) is 14.5 Å². The van der Waals surface area contributed by atoms with E-state index in [0.29, 0.717) is 43.0 Å². The predicted octanol–water partition coefficient (Wildman–Crippen LogP) is 6.18. The number of nitrogens with zero attached hydrogens (tertiary/aromatic N) is 4. The van der Waals surface area contributed by atoms with Crippen LogP contribution in [0.3, 0.4) is 0 Å². The molecule has 51 heavy (non-hydrogen) atoms. The Hall–Kier alpha value is -3.87. The minimum absolute atomic E-state index is 0.0141. The molecule has 0 radical (unpaired) electrons. The van der Waals surface area contributed by atoms with Gasteiger partial charge in [-0.3, -0.25) is 19.0 Å². The third-order valence-electron chi connectivity index (χ3n) is 11.1. The molecule has 7 rings (SSSR count). The summed E-state index contributed by atoms with van der Waals surface area (Å²) in [5.41, 5.74) is 3.58. The van der Waals surface area contributed by atoms with Crippen LogP contribution in [0.25, 0.3) is 0 Å². The number of methoxy groups -OCH3 is 1. The fourth-order valence-corrected chi connectivity index (χ4v) is 10.5. The zero-order chi connectivity index (χ0) is 35.9. The van der Waals surface area contributed by atoms with Gasteiger partial charge in [-0.2, -0.15) is 5.10 Å². The highest BCUT2D eigenvalue weighted by Gasteiger charge is 2.44. The van der Waals surface area contributed by atoms with Gasteiger partial charge >= 0.3 is 0 Å². The van der Waals surface area contributed by atoms with E-state index in [0.717, 1.165) is 49.4 Å². The monoisotopic (exact) mass is 734 g/mol. The van der Waals surface area contributed by atoms with Gasteiger partial charge in [0.2, 0.25) is 0 Å². The first-order valence-corrected chi connectivity index (χ1v) is 19.9. The van der Waals surface area contributed by atoms with Gasteiger partial charge in [-0.15, -0.1) is 4.36 Å². The second-order valence-corrected chi connectivity index (χ2v) is 17.1. The van der Waals surface area contributed by atoms with Crippen LogP contribution in [0.15, 0.2) is 59.1 Å².